The highest BCUT2D eigenvalue weighted by molar-refractivity contribution is 5.30. The molecule has 2 aromatic carbocycles. The zero-order valence-electron chi connectivity index (χ0n) is 11.5. The van der Waals surface area contributed by atoms with Gasteiger partial charge in [-0.3, -0.25) is 0 Å². The largest absolute Gasteiger partial charge is 0.489 e. The van der Waals surface area contributed by atoms with Crippen molar-refractivity contribution in [2.75, 3.05) is 0 Å². The Kier molecular flexibility index (Phi) is 4.03. The van der Waals surface area contributed by atoms with Crippen LogP contribution in [0.15, 0.2) is 54.6 Å². The summed E-state index contributed by atoms with van der Waals surface area (Å²) in [5.74, 6) is 1.54. The summed E-state index contributed by atoms with van der Waals surface area (Å²) in [6.45, 7) is 0.559. The van der Waals surface area contributed by atoms with Gasteiger partial charge in [0.05, 0.1) is 6.10 Å². The van der Waals surface area contributed by atoms with Crippen molar-refractivity contribution < 1.29 is 9.84 Å². The highest BCUT2D eigenvalue weighted by atomic mass is 16.5. The number of rotatable bonds is 6. The fraction of sp³-hybridized carbons (Fsp3) is 0.333. The summed E-state index contributed by atoms with van der Waals surface area (Å²) in [6, 6.07) is 17.9. The second-order valence-corrected chi connectivity index (χ2v) is 5.54. The molecule has 0 radical (unpaired) electrons. The number of hydrogen-bond acceptors (Lipinski definition) is 2. The van der Waals surface area contributed by atoms with Gasteiger partial charge in [0.15, 0.2) is 0 Å². The van der Waals surface area contributed by atoms with Crippen LogP contribution in [0.2, 0.25) is 0 Å². The average molecular weight is 268 g/mol. The highest BCUT2D eigenvalue weighted by Crippen LogP contribution is 2.38. The lowest BCUT2D eigenvalue weighted by atomic mass is 10.0. The molecule has 0 heterocycles. The predicted octanol–water partition coefficient (Wildman–Crippen LogP) is 4.10. The second kappa shape index (κ2) is 6.10. The van der Waals surface area contributed by atoms with E-state index in [1.807, 2.05) is 54.6 Å². The van der Waals surface area contributed by atoms with Crippen molar-refractivity contribution in [2.24, 2.45) is 5.92 Å². The molecule has 2 aromatic rings. The topological polar surface area (TPSA) is 29.5 Å². The van der Waals surface area contributed by atoms with Crippen LogP contribution in [0.5, 0.6) is 5.75 Å². The smallest absolute Gasteiger partial charge is 0.120 e. The normalized spacial score (nSPS) is 15.8. The second-order valence-electron chi connectivity index (χ2n) is 5.54. The zero-order valence-corrected chi connectivity index (χ0v) is 11.5. The molecule has 1 saturated carbocycles. The van der Waals surface area contributed by atoms with Gasteiger partial charge in [0.2, 0.25) is 0 Å². The molecule has 0 spiro atoms. The van der Waals surface area contributed by atoms with Gasteiger partial charge in [-0.05, 0) is 35.6 Å². The Morgan fingerprint density at radius 1 is 1.05 bits per heavy atom. The average Bonchev–Trinajstić information content (AvgIpc) is 3.30. The Morgan fingerprint density at radius 3 is 2.60 bits per heavy atom. The van der Waals surface area contributed by atoms with Gasteiger partial charge in [0, 0.05) is 0 Å². The van der Waals surface area contributed by atoms with Crippen molar-refractivity contribution in [1.29, 1.82) is 0 Å². The molecular formula is C18H20O2. The first-order chi connectivity index (χ1) is 9.81. The predicted molar refractivity (Wildman–Crippen MR) is 79.5 cm³/mol. The highest BCUT2D eigenvalue weighted by Gasteiger charge is 2.25. The molecule has 1 N–H and O–H groups in total. The van der Waals surface area contributed by atoms with Crippen LogP contribution in [0, 0.1) is 5.92 Å². The summed E-state index contributed by atoms with van der Waals surface area (Å²) >= 11 is 0. The molecule has 1 fully saturated rings. The van der Waals surface area contributed by atoms with E-state index in [1.54, 1.807) is 0 Å². The Balaban J connectivity index is 1.61. The SMILES string of the molecule is OC(CC1CC1)c1cccc(OCc2ccccc2)c1. The Hall–Kier alpha value is -1.80. The lowest BCUT2D eigenvalue weighted by molar-refractivity contribution is 0.159. The van der Waals surface area contributed by atoms with Gasteiger partial charge in [-0.25, -0.2) is 0 Å². The fourth-order valence-corrected chi connectivity index (χ4v) is 2.36. The molecule has 2 heteroatoms. The number of hydrogen-bond donors (Lipinski definition) is 1. The van der Waals surface area contributed by atoms with E-state index in [4.69, 9.17) is 4.74 Å². The zero-order chi connectivity index (χ0) is 13.8. The maximum Gasteiger partial charge on any atom is 0.120 e. The third-order valence-corrected chi connectivity index (χ3v) is 3.74. The molecule has 1 aliphatic rings. The lowest BCUT2D eigenvalue weighted by Crippen LogP contribution is -2.00. The summed E-state index contributed by atoms with van der Waals surface area (Å²) in [5.41, 5.74) is 2.11. The van der Waals surface area contributed by atoms with Crippen LogP contribution < -0.4 is 4.74 Å². The van der Waals surface area contributed by atoms with E-state index in [0.717, 1.165) is 29.2 Å². The minimum absolute atomic E-state index is 0.359. The van der Waals surface area contributed by atoms with E-state index >= 15 is 0 Å². The van der Waals surface area contributed by atoms with Gasteiger partial charge < -0.3 is 9.84 Å². The van der Waals surface area contributed by atoms with Crippen LogP contribution in [0.4, 0.5) is 0 Å². The summed E-state index contributed by atoms with van der Waals surface area (Å²) < 4.78 is 5.79. The molecule has 20 heavy (non-hydrogen) atoms. The van der Waals surface area contributed by atoms with Gasteiger partial charge in [-0.15, -0.1) is 0 Å². The standard InChI is InChI=1S/C18H20O2/c19-18(11-14-9-10-14)16-7-4-8-17(12-16)20-13-15-5-2-1-3-6-15/h1-8,12,14,18-19H,9-11,13H2. The molecule has 2 nitrogen and oxygen atoms in total. The fourth-order valence-electron chi connectivity index (χ4n) is 2.36. The molecule has 1 aliphatic carbocycles. The van der Waals surface area contributed by atoms with E-state index in [2.05, 4.69) is 0 Å². The summed E-state index contributed by atoms with van der Waals surface area (Å²) in [6.07, 6.45) is 3.05. The Labute approximate surface area is 120 Å². The Morgan fingerprint density at radius 2 is 1.85 bits per heavy atom. The molecule has 0 aromatic heterocycles. The monoisotopic (exact) mass is 268 g/mol. The van der Waals surface area contributed by atoms with E-state index in [0.29, 0.717) is 6.61 Å². The van der Waals surface area contributed by atoms with E-state index < -0.39 is 0 Å². The first-order valence-electron chi connectivity index (χ1n) is 7.26. The number of aliphatic hydroxyl groups excluding tert-OH is 1. The molecule has 0 aliphatic heterocycles. The minimum Gasteiger partial charge on any atom is -0.489 e. The molecule has 3 rings (SSSR count). The van der Waals surface area contributed by atoms with Gasteiger partial charge in [0.25, 0.3) is 0 Å². The summed E-state index contributed by atoms with van der Waals surface area (Å²) in [4.78, 5) is 0. The van der Waals surface area contributed by atoms with Crippen molar-refractivity contribution in [1.82, 2.24) is 0 Å². The van der Waals surface area contributed by atoms with Crippen molar-refractivity contribution in [2.45, 2.75) is 32.0 Å². The third-order valence-electron chi connectivity index (χ3n) is 3.74. The molecular weight excluding hydrogens is 248 g/mol. The molecule has 0 bridgehead atoms. The molecule has 0 amide bonds. The molecule has 104 valence electrons. The molecule has 0 saturated heterocycles. The van der Waals surface area contributed by atoms with E-state index in [1.165, 1.54) is 12.8 Å². The van der Waals surface area contributed by atoms with Crippen LogP contribution in [0.25, 0.3) is 0 Å². The lowest BCUT2D eigenvalue weighted by Gasteiger charge is -2.12. The van der Waals surface area contributed by atoms with Crippen molar-refractivity contribution in [3.63, 3.8) is 0 Å². The van der Waals surface area contributed by atoms with Gasteiger partial charge in [-0.1, -0.05) is 55.3 Å². The third kappa shape index (κ3) is 3.61. The molecule has 1 unspecified atom stereocenters. The van der Waals surface area contributed by atoms with Crippen molar-refractivity contribution >= 4 is 0 Å². The quantitative estimate of drug-likeness (QED) is 0.854. The number of ether oxygens (including phenoxy) is 1. The van der Waals surface area contributed by atoms with Crippen LogP contribution >= 0.6 is 0 Å². The first-order valence-corrected chi connectivity index (χ1v) is 7.26. The number of aliphatic hydroxyl groups is 1. The minimum atomic E-state index is -0.359. The van der Waals surface area contributed by atoms with Gasteiger partial charge >= 0.3 is 0 Å². The van der Waals surface area contributed by atoms with E-state index in [9.17, 15) is 5.11 Å². The van der Waals surface area contributed by atoms with E-state index in [-0.39, 0.29) is 6.10 Å². The van der Waals surface area contributed by atoms with Crippen molar-refractivity contribution in [3.8, 4) is 5.75 Å². The maximum atomic E-state index is 10.2. The van der Waals surface area contributed by atoms with Crippen LogP contribution in [-0.2, 0) is 6.61 Å². The number of benzene rings is 2. The maximum absolute atomic E-state index is 10.2. The van der Waals surface area contributed by atoms with Gasteiger partial charge in [0.1, 0.15) is 12.4 Å². The first kappa shape index (κ1) is 13.2. The Bertz CT molecular complexity index is 546. The molecule has 1 atom stereocenters. The van der Waals surface area contributed by atoms with Crippen LogP contribution in [0.1, 0.15) is 36.5 Å². The van der Waals surface area contributed by atoms with Crippen molar-refractivity contribution in [3.05, 3.63) is 65.7 Å². The summed E-state index contributed by atoms with van der Waals surface area (Å²) in [7, 11) is 0. The van der Waals surface area contributed by atoms with Crippen LogP contribution in [-0.4, -0.2) is 5.11 Å². The van der Waals surface area contributed by atoms with Crippen LogP contribution in [0.3, 0.4) is 0 Å². The van der Waals surface area contributed by atoms with Gasteiger partial charge in [-0.2, -0.15) is 0 Å². The summed E-state index contributed by atoms with van der Waals surface area (Å²) in [5, 5.41) is 10.2.